The smallest absolute Gasteiger partial charge is 0.0121 e. The van der Waals surface area contributed by atoms with Crippen molar-refractivity contribution in [1.82, 2.24) is 0 Å². The summed E-state index contributed by atoms with van der Waals surface area (Å²) in [5.41, 5.74) is 7.33. The number of fused-ring (bicyclic) bond motifs is 1. The summed E-state index contributed by atoms with van der Waals surface area (Å²) in [5.74, 6) is 0.742. The molecule has 1 aliphatic carbocycles. The average Bonchev–Trinajstić information content (AvgIpc) is 2.90. The minimum atomic E-state index is 0.742. The molecule has 98 valence electrons. The van der Waals surface area contributed by atoms with Crippen molar-refractivity contribution in [3.05, 3.63) is 59.2 Å². The molecule has 1 aliphatic rings. The Morgan fingerprint density at radius 3 is 2.47 bits per heavy atom. The summed E-state index contributed by atoms with van der Waals surface area (Å²) in [4.78, 5) is 0. The third kappa shape index (κ3) is 2.49. The largest absolute Gasteiger partial charge is 0.137 e. The van der Waals surface area contributed by atoms with Gasteiger partial charge in [0.2, 0.25) is 0 Å². The molecule has 0 N–H and O–H groups in total. The Balaban J connectivity index is 2.04. The quantitative estimate of drug-likeness (QED) is 0.721. The van der Waals surface area contributed by atoms with Gasteiger partial charge in [-0.15, -0.1) is 18.5 Å². The van der Waals surface area contributed by atoms with E-state index in [2.05, 4.69) is 60.9 Å². The SMILES string of the molecule is PCc1ccc(-c2cccc3c2CCC3CP)cc1. The van der Waals surface area contributed by atoms with Crippen LogP contribution < -0.4 is 0 Å². The molecule has 0 nitrogen and oxygen atoms in total. The maximum atomic E-state index is 2.90. The molecular weight excluding hydrogens is 266 g/mol. The summed E-state index contributed by atoms with van der Waals surface area (Å²) in [7, 11) is 5.68. The lowest BCUT2D eigenvalue weighted by Crippen LogP contribution is -1.94. The van der Waals surface area contributed by atoms with Crippen molar-refractivity contribution < 1.29 is 0 Å². The van der Waals surface area contributed by atoms with E-state index < -0.39 is 0 Å². The Hall–Kier alpha value is -0.700. The molecule has 0 aromatic heterocycles. The van der Waals surface area contributed by atoms with Crippen LogP contribution in [0.15, 0.2) is 42.5 Å². The molecule has 19 heavy (non-hydrogen) atoms. The number of benzene rings is 2. The average molecular weight is 286 g/mol. The first-order valence-electron chi connectivity index (χ1n) is 6.94. The summed E-state index contributed by atoms with van der Waals surface area (Å²) in [6.07, 6.45) is 4.75. The normalized spacial score (nSPS) is 17.5. The minimum absolute atomic E-state index is 0.742. The molecule has 0 saturated heterocycles. The van der Waals surface area contributed by atoms with Crippen molar-refractivity contribution in [2.45, 2.75) is 24.9 Å². The van der Waals surface area contributed by atoms with Crippen LogP contribution in [0, 0.1) is 0 Å². The van der Waals surface area contributed by atoms with Gasteiger partial charge in [0.15, 0.2) is 0 Å². The maximum Gasteiger partial charge on any atom is -0.0121 e. The van der Waals surface area contributed by atoms with Crippen LogP contribution in [0.3, 0.4) is 0 Å². The van der Waals surface area contributed by atoms with Crippen molar-refractivity contribution in [2.24, 2.45) is 0 Å². The van der Waals surface area contributed by atoms with E-state index in [0.29, 0.717) is 0 Å². The lowest BCUT2D eigenvalue weighted by molar-refractivity contribution is 0.757. The van der Waals surface area contributed by atoms with E-state index in [1.165, 1.54) is 35.7 Å². The Bertz CT molecular complexity index is 572. The van der Waals surface area contributed by atoms with Gasteiger partial charge >= 0.3 is 0 Å². The Kier molecular flexibility index (Phi) is 4.01. The second-order valence-corrected chi connectivity index (χ2v) is 6.13. The molecule has 2 heteroatoms. The van der Waals surface area contributed by atoms with E-state index in [9.17, 15) is 0 Å². The molecule has 0 bridgehead atoms. The molecule has 0 radical (unpaired) electrons. The highest BCUT2D eigenvalue weighted by molar-refractivity contribution is 7.16. The third-order valence-electron chi connectivity index (χ3n) is 4.18. The summed E-state index contributed by atoms with van der Waals surface area (Å²) < 4.78 is 0. The molecule has 0 amide bonds. The van der Waals surface area contributed by atoms with E-state index in [0.717, 1.165) is 12.1 Å². The second kappa shape index (κ2) is 5.74. The van der Waals surface area contributed by atoms with Crippen LogP contribution in [0.25, 0.3) is 11.1 Å². The van der Waals surface area contributed by atoms with Crippen LogP contribution in [0.4, 0.5) is 0 Å². The molecule has 0 fully saturated rings. The Labute approximate surface area is 120 Å². The number of hydrogen-bond donors (Lipinski definition) is 0. The fourth-order valence-electron chi connectivity index (χ4n) is 3.08. The highest BCUT2D eigenvalue weighted by Gasteiger charge is 2.23. The Morgan fingerprint density at radius 1 is 1.00 bits per heavy atom. The second-order valence-electron chi connectivity index (χ2n) is 5.25. The predicted molar refractivity (Wildman–Crippen MR) is 90.9 cm³/mol. The molecule has 2 aromatic rings. The standard InChI is InChI=1S/C17H20P2/c18-10-12-4-6-13(7-5-12)15-2-1-3-16-14(11-19)8-9-17(15)16/h1-7,14H,8-11,18-19H2. The fourth-order valence-corrected chi connectivity index (χ4v) is 3.84. The lowest BCUT2D eigenvalue weighted by atomic mass is 9.95. The van der Waals surface area contributed by atoms with Crippen molar-refractivity contribution >= 4 is 18.5 Å². The van der Waals surface area contributed by atoms with Gasteiger partial charge in [-0.3, -0.25) is 0 Å². The lowest BCUT2D eigenvalue weighted by Gasteiger charge is -2.11. The summed E-state index contributed by atoms with van der Waals surface area (Å²) in [6.45, 7) is 0. The molecule has 0 aliphatic heterocycles. The topological polar surface area (TPSA) is 0 Å². The fraction of sp³-hybridized carbons (Fsp3) is 0.294. The first-order chi connectivity index (χ1) is 9.33. The molecule has 0 spiro atoms. The molecule has 0 heterocycles. The zero-order chi connectivity index (χ0) is 13.2. The Morgan fingerprint density at radius 2 is 1.79 bits per heavy atom. The van der Waals surface area contributed by atoms with Gasteiger partial charge in [-0.25, -0.2) is 0 Å². The molecule has 3 rings (SSSR count). The predicted octanol–water partition coefficient (Wildman–Crippen LogP) is 4.63. The number of hydrogen-bond acceptors (Lipinski definition) is 0. The monoisotopic (exact) mass is 286 g/mol. The summed E-state index contributed by atoms with van der Waals surface area (Å²) in [5, 5.41) is 0. The first-order valence-corrected chi connectivity index (χ1v) is 8.58. The summed E-state index contributed by atoms with van der Waals surface area (Å²) >= 11 is 0. The van der Waals surface area contributed by atoms with E-state index in [4.69, 9.17) is 0 Å². The van der Waals surface area contributed by atoms with Gasteiger partial charge in [0.1, 0.15) is 0 Å². The van der Waals surface area contributed by atoms with Gasteiger partial charge in [0.25, 0.3) is 0 Å². The van der Waals surface area contributed by atoms with E-state index >= 15 is 0 Å². The van der Waals surface area contributed by atoms with Crippen LogP contribution in [0.1, 0.15) is 29.0 Å². The van der Waals surface area contributed by atoms with Gasteiger partial charge in [-0.1, -0.05) is 42.5 Å². The van der Waals surface area contributed by atoms with Crippen LogP contribution >= 0.6 is 18.5 Å². The third-order valence-corrected chi connectivity index (χ3v) is 5.22. The van der Waals surface area contributed by atoms with E-state index in [-0.39, 0.29) is 0 Å². The van der Waals surface area contributed by atoms with Gasteiger partial charge in [-0.05, 0) is 58.9 Å². The molecule has 3 atom stereocenters. The first kappa shape index (κ1) is 13.3. The maximum absolute atomic E-state index is 2.90. The van der Waals surface area contributed by atoms with Gasteiger partial charge in [-0.2, -0.15) is 0 Å². The summed E-state index contributed by atoms with van der Waals surface area (Å²) in [6, 6.07) is 15.8. The zero-order valence-corrected chi connectivity index (χ0v) is 13.4. The minimum Gasteiger partial charge on any atom is -0.137 e. The zero-order valence-electron chi connectivity index (χ0n) is 11.1. The van der Waals surface area contributed by atoms with Gasteiger partial charge in [0, 0.05) is 0 Å². The van der Waals surface area contributed by atoms with Crippen molar-refractivity contribution in [3.63, 3.8) is 0 Å². The van der Waals surface area contributed by atoms with Crippen LogP contribution in [-0.2, 0) is 12.6 Å². The van der Waals surface area contributed by atoms with Gasteiger partial charge in [0.05, 0.1) is 0 Å². The van der Waals surface area contributed by atoms with Crippen molar-refractivity contribution in [1.29, 1.82) is 0 Å². The van der Waals surface area contributed by atoms with E-state index in [1.54, 1.807) is 11.1 Å². The van der Waals surface area contributed by atoms with E-state index in [1.807, 2.05) is 0 Å². The van der Waals surface area contributed by atoms with Crippen molar-refractivity contribution in [2.75, 3.05) is 6.16 Å². The number of rotatable bonds is 3. The molecule has 3 unspecified atom stereocenters. The highest BCUT2D eigenvalue weighted by Crippen LogP contribution is 2.39. The van der Waals surface area contributed by atoms with Crippen LogP contribution in [0.2, 0.25) is 0 Å². The molecular formula is C17H20P2. The van der Waals surface area contributed by atoms with Crippen LogP contribution in [-0.4, -0.2) is 6.16 Å². The van der Waals surface area contributed by atoms with Crippen LogP contribution in [0.5, 0.6) is 0 Å². The van der Waals surface area contributed by atoms with Crippen molar-refractivity contribution in [3.8, 4) is 11.1 Å². The highest BCUT2D eigenvalue weighted by atomic mass is 31.0. The van der Waals surface area contributed by atoms with Gasteiger partial charge < -0.3 is 0 Å². The molecule has 0 saturated carbocycles. The molecule has 2 aromatic carbocycles.